The number of para-hydroxylation sites is 1. The van der Waals surface area contributed by atoms with Crippen LogP contribution in [0.4, 0.5) is 0 Å². The predicted octanol–water partition coefficient (Wildman–Crippen LogP) is 4.04. The Morgan fingerprint density at radius 1 is 0.929 bits per heavy atom. The van der Waals surface area contributed by atoms with Gasteiger partial charge >= 0.3 is 0 Å². The summed E-state index contributed by atoms with van der Waals surface area (Å²) in [6.07, 6.45) is 0. The van der Waals surface area contributed by atoms with Crippen LogP contribution in [0.25, 0.3) is 0 Å². The molecule has 1 heterocycles. The summed E-state index contributed by atoms with van der Waals surface area (Å²) in [7, 11) is 0. The van der Waals surface area contributed by atoms with Crippen molar-refractivity contribution >= 4 is 11.8 Å². The Labute approximate surface area is 170 Å². The first-order chi connectivity index (χ1) is 13.4. The van der Waals surface area contributed by atoms with E-state index in [0.717, 1.165) is 17.3 Å². The highest BCUT2D eigenvalue weighted by molar-refractivity contribution is 7.99. The fraction of sp³-hybridized carbons (Fsp3) is 0.333. The van der Waals surface area contributed by atoms with E-state index in [4.69, 9.17) is 15.3 Å². The second-order valence-electron chi connectivity index (χ2n) is 7.34. The summed E-state index contributed by atoms with van der Waals surface area (Å²) in [5.41, 5.74) is 1.38. The number of hydrogen-bond acceptors (Lipinski definition) is 6. The van der Waals surface area contributed by atoms with Crippen molar-refractivity contribution < 1.29 is 9.47 Å². The molecule has 0 radical (unpaired) electrons. The van der Waals surface area contributed by atoms with Crippen LogP contribution in [0.1, 0.15) is 32.2 Å². The number of thioether (sulfide) groups is 1. The van der Waals surface area contributed by atoms with Crippen LogP contribution >= 0.6 is 11.8 Å². The van der Waals surface area contributed by atoms with Crippen molar-refractivity contribution in [1.29, 1.82) is 0 Å². The van der Waals surface area contributed by atoms with E-state index in [1.807, 2.05) is 42.5 Å². The molecule has 2 N–H and O–H groups in total. The van der Waals surface area contributed by atoms with Crippen LogP contribution in [0.5, 0.6) is 11.5 Å². The van der Waals surface area contributed by atoms with Crippen LogP contribution in [0, 0.1) is 0 Å². The zero-order chi connectivity index (χ0) is 20.0. The van der Waals surface area contributed by atoms with E-state index in [1.165, 1.54) is 22.0 Å². The van der Waals surface area contributed by atoms with Gasteiger partial charge in [0.25, 0.3) is 0 Å². The molecule has 0 amide bonds. The summed E-state index contributed by atoms with van der Waals surface area (Å²) in [4.78, 5) is 0. The molecule has 6 nitrogen and oxygen atoms in total. The van der Waals surface area contributed by atoms with E-state index in [-0.39, 0.29) is 12.0 Å². The van der Waals surface area contributed by atoms with Crippen LogP contribution in [0.3, 0.4) is 0 Å². The number of rotatable bonds is 8. The zero-order valence-electron chi connectivity index (χ0n) is 16.5. The third-order valence-corrected chi connectivity index (χ3v) is 5.06. The monoisotopic (exact) mass is 398 g/mol. The quantitative estimate of drug-likeness (QED) is 0.351. The second-order valence-corrected chi connectivity index (χ2v) is 8.40. The minimum atomic E-state index is 0.117. The van der Waals surface area contributed by atoms with Gasteiger partial charge in [-0.15, -0.1) is 10.2 Å². The van der Waals surface area contributed by atoms with E-state index in [0.29, 0.717) is 17.6 Å². The first-order valence-corrected chi connectivity index (χ1v) is 10.2. The standard InChI is InChI=1S/C21H26N4O2S/c1-21(2,3)16-9-11-18(12-10-16)27-15-19-23-24-20(25(19)22)28-14-13-26-17-7-5-4-6-8-17/h4-12H,13-15,22H2,1-3H3. The largest absolute Gasteiger partial charge is 0.493 e. The van der Waals surface area contributed by atoms with Crippen LogP contribution in [-0.2, 0) is 12.0 Å². The first kappa shape index (κ1) is 20.1. The average molecular weight is 399 g/mol. The molecule has 0 unspecified atom stereocenters. The van der Waals surface area contributed by atoms with Crippen LogP contribution < -0.4 is 15.3 Å². The van der Waals surface area contributed by atoms with Crippen molar-refractivity contribution in [3.05, 3.63) is 66.0 Å². The molecule has 1 aromatic heterocycles. The molecule has 0 spiro atoms. The lowest BCUT2D eigenvalue weighted by Gasteiger charge is -2.19. The lowest BCUT2D eigenvalue weighted by Crippen LogP contribution is -2.16. The molecule has 0 aliphatic rings. The van der Waals surface area contributed by atoms with Crippen LogP contribution in [0.2, 0.25) is 0 Å². The van der Waals surface area contributed by atoms with E-state index >= 15 is 0 Å². The first-order valence-electron chi connectivity index (χ1n) is 9.17. The molecule has 0 bridgehead atoms. The number of nitrogens with zero attached hydrogens (tertiary/aromatic N) is 3. The number of ether oxygens (including phenoxy) is 2. The Morgan fingerprint density at radius 2 is 1.61 bits per heavy atom. The molecule has 2 aromatic carbocycles. The van der Waals surface area contributed by atoms with Crippen LogP contribution in [0.15, 0.2) is 59.8 Å². The van der Waals surface area contributed by atoms with E-state index < -0.39 is 0 Å². The van der Waals surface area contributed by atoms with Crippen molar-refractivity contribution in [3.63, 3.8) is 0 Å². The summed E-state index contributed by atoms with van der Waals surface area (Å²) in [6.45, 7) is 7.38. The molecule has 0 fully saturated rings. The van der Waals surface area contributed by atoms with Gasteiger partial charge in [0.2, 0.25) is 5.16 Å². The topological polar surface area (TPSA) is 75.2 Å². The van der Waals surface area contributed by atoms with Gasteiger partial charge in [-0.2, -0.15) is 0 Å². The van der Waals surface area contributed by atoms with Gasteiger partial charge in [-0.25, -0.2) is 4.68 Å². The Bertz CT molecular complexity index is 874. The highest BCUT2D eigenvalue weighted by Crippen LogP contribution is 2.24. The van der Waals surface area contributed by atoms with E-state index in [2.05, 4.69) is 43.1 Å². The Balaban J connectivity index is 1.47. The predicted molar refractivity (Wildman–Crippen MR) is 112 cm³/mol. The highest BCUT2D eigenvalue weighted by Gasteiger charge is 2.14. The normalized spacial score (nSPS) is 11.4. The van der Waals surface area contributed by atoms with Gasteiger partial charge in [0, 0.05) is 5.75 Å². The molecule has 0 aliphatic carbocycles. The van der Waals surface area contributed by atoms with E-state index in [1.54, 1.807) is 0 Å². The summed E-state index contributed by atoms with van der Waals surface area (Å²) < 4.78 is 12.9. The minimum Gasteiger partial charge on any atom is -0.493 e. The molecular weight excluding hydrogens is 372 g/mol. The summed E-state index contributed by atoms with van der Waals surface area (Å²) >= 11 is 1.50. The van der Waals surface area contributed by atoms with E-state index in [9.17, 15) is 0 Å². The van der Waals surface area contributed by atoms with Gasteiger partial charge in [0.15, 0.2) is 5.82 Å². The molecule has 0 atom stereocenters. The molecule has 0 aliphatic heterocycles. The SMILES string of the molecule is CC(C)(C)c1ccc(OCc2nnc(SCCOc3ccccc3)n2N)cc1. The highest BCUT2D eigenvalue weighted by atomic mass is 32.2. The van der Waals surface area contributed by atoms with Crippen molar-refractivity contribution in [1.82, 2.24) is 14.9 Å². The molecule has 7 heteroatoms. The Kier molecular flexibility index (Phi) is 6.46. The zero-order valence-corrected chi connectivity index (χ0v) is 17.3. The molecule has 0 saturated carbocycles. The number of nitrogens with two attached hydrogens (primary N) is 1. The third-order valence-electron chi connectivity index (χ3n) is 4.15. The molecule has 0 saturated heterocycles. The number of hydrogen-bond donors (Lipinski definition) is 1. The summed E-state index contributed by atoms with van der Waals surface area (Å²) in [5, 5.41) is 8.90. The number of nitrogen functional groups attached to an aromatic ring is 1. The lowest BCUT2D eigenvalue weighted by atomic mass is 9.87. The Morgan fingerprint density at radius 3 is 2.29 bits per heavy atom. The molecule has 3 rings (SSSR count). The van der Waals surface area contributed by atoms with Gasteiger partial charge in [-0.1, -0.05) is 62.9 Å². The Hall–Kier alpha value is -2.67. The fourth-order valence-electron chi connectivity index (χ4n) is 2.51. The number of benzene rings is 2. The second kappa shape index (κ2) is 9.01. The lowest BCUT2D eigenvalue weighted by molar-refractivity contribution is 0.291. The molecule has 28 heavy (non-hydrogen) atoms. The van der Waals surface area contributed by atoms with Gasteiger partial charge in [0.1, 0.15) is 18.1 Å². The van der Waals surface area contributed by atoms with Crippen molar-refractivity contribution in [2.24, 2.45) is 0 Å². The third kappa shape index (κ3) is 5.42. The average Bonchev–Trinajstić information content (AvgIpc) is 3.04. The van der Waals surface area contributed by atoms with Gasteiger partial charge in [-0.05, 0) is 35.2 Å². The minimum absolute atomic E-state index is 0.117. The fourth-order valence-corrected chi connectivity index (χ4v) is 3.20. The molecular formula is C21H26N4O2S. The number of aromatic nitrogens is 3. The maximum absolute atomic E-state index is 6.09. The molecule has 3 aromatic rings. The maximum atomic E-state index is 6.09. The van der Waals surface area contributed by atoms with Crippen molar-refractivity contribution in [3.8, 4) is 11.5 Å². The maximum Gasteiger partial charge on any atom is 0.210 e. The van der Waals surface area contributed by atoms with Crippen LogP contribution in [-0.4, -0.2) is 27.2 Å². The van der Waals surface area contributed by atoms with Gasteiger partial charge in [0.05, 0.1) is 6.61 Å². The summed E-state index contributed by atoms with van der Waals surface area (Å²) in [6, 6.07) is 17.8. The smallest absolute Gasteiger partial charge is 0.210 e. The van der Waals surface area contributed by atoms with Gasteiger partial charge < -0.3 is 15.3 Å². The van der Waals surface area contributed by atoms with Gasteiger partial charge in [-0.3, -0.25) is 0 Å². The van der Waals surface area contributed by atoms with Crippen molar-refractivity contribution in [2.45, 2.75) is 37.9 Å². The molecule has 148 valence electrons. The summed E-state index contributed by atoms with van der Waals surface area (Å²) in [5.74, 6) is 9.02. The van der Waals surface area contributed by atoms with Crippen molar-refractivity contribution in [2.75, 3.05) is 18.2 Å².